The number of hydrogen-bond donors (Lipinski definition) is 0. The third kappa shape index (κ3) is 5.24. The van der Waals surface area contributed by atoms with Crippen molar-refractivity contribution < 1.29 is 17.9 Å². The molecule has 0 saturated carbocycles. The fraction of sp³-hybridized carbons (Fsp3) is 0.538. The number of carbonyl (C=O) groups excluding carboxylic acids is 1. The van der Waals surface area contributed by atoms with Gasteiger partial charge < -0.3 is 4.74 Å². The summed E-state index contributed by atoms with van der Waals surface area (Å²) in [7, 11) is 0.829. The van der Waals surface area contributed by atoms with Gasteiger partial charge in [0.1, 0.15) is 6.61 Å². The molecular weight excluding hydrogens is 326 g/mol. The fourth-order valence-corrected chi connectivity index (χ4v) is 2.93. The molecular formula is C13H21N3O4S2. The van der Waals surface area contributed by atoms with Crippen LogP contribution in [0.3, 0.4) is 0 Å². The second-order valence-electron chi connectivity index (χ2n) is 4.57. The summed E-state index contributed by atoms with van der Waals surface area (Å²) in [4.78, 5) is 16.0. The molecule has 0 fully saturated rings. The Bertz CT molecular complexity index is 588. The molecule has 22 heavy (non-hydrogen) atoms. The Hall–Kier alpha value is -1.16. The molecule has 0 aliphatic rings. The standard InChI is InChI=1S/C13H21N3O4S2/c1-5-21-12-7-6-11(10-14-12)13(17)20-9-8-16(4)22(18,19)15(2)3/h6-7,10H,5,8-9H2,1-4H3. The van der Waals surface area contributed by atoms with E-state index < -0.39 is 16.2 Å². The first kappa shape index (κ1) is 18.9. The fourth-order valence-electron chi connectivity index (χ4n) is 1.48. The lowest BCUT2D eigenvalue weighted by molar-refractivity contribution is 0.0492. The molecule has 0 unspecified atom stereocenters. The van der Waals surface area contributed by atoms with Gasteiger partial charge in [-0.3, -0.25) is 0 Å². The van der Waals surface area contributed by atoms with Crippen LogP contribution in [0.4, 0.5) is 0 Å². The van der Waals surface area contributed by atoms with Crippen LogP contribution in [0.25, 0.3) is 0 Å². The monoisotopic (exact) mass is 347 g/mol. The Morgan fingerprint density at radius 1 is 1.32 bits per heavy atom. The molecule has 1 rings (SSSR count). The maximum atomic E-state index is 11.8. The number of nitrogens with zero attached hydrogens (tertiary/aromatic N) is 3. The van der Waals surface area contributed by atoms with E-state index in [1.54, 1.807) is 23.9 Å². The van der Waals surface area contributed by atoms with Gasteiger partial charge in [-0.2, -0.15) is 17.0 Å². The van der Waals surface area contributed by atoms with Crippen LogP contribution in [0.1, 0.15) is 17.3 Å². The molecule has 0 saturated heterocycles. The largest absolute Gasteiger partial charge is 0.461 e. The van der Waals surface area contributed by atoms with E-state index in [1.807, 2.05) is 6.92 Å². The topological polar surface area (TPSA) is 79.8 Å². The maximum Gasteiger partial charge on any atom is 0.339 e. The lowest BCUT2D eigenvalue weighted by Crippen LogP contribution is -2.39. The number of esters is 1. The molecule has 0 amide bonds. The predicted octanol–water partition coefficient (Wildman–Crippen LogP) is 1.09. The molecule has 1 aromatic heterocycles. The number of likely N-dealkylation sites (N-methyl/N-ethyl adjacent to an activating group) is 1. The first-order valence-electron chi connectivity index (χ1n) is 6.68. The lowest BCUT2D eigenvalue weighted by atomic mass is 10.3. The van der Waals surface area contributed by atoms with Crippen molar-refractivity contribution in [2.24, 2.45) is 0 Å². The number of hydrogen-bond acceptors (Lipinski definition) is 6. The normalized spacial score (nSPS) is 11.9. The molecule has 0 aliphatic carbocycles. The van der Waals surface area contributed by atoms with E-state index in [-0.39, 0.29) is 13.2 Å². The van der Waals surface area contributed by atoms with Crippen LogP contribution in [-0.2, 0) is 14.9 Å². The first-order chi connectivity index (χ1) is 10.3. The average molecular weight is 347 g/mol. The van der Waals surface area contributed by atoms with Crippen molar-refractivity contribution in [3.05, 3.63) is 23.9 Å². The minimum Gasteiger partial charge on any atom is -0.461 e. The molecule has 124 valence electrons. The number of aromatic nitrogens is 1. The number of carbonyl (C=O) groups is 1. The number of ether oxygens (including phenoxy) is 1. The molecule has 0 radical (unpaired) electrons. The van der Waals surface area contributed by atoms with Gasteiger partial charge in [0.25, 0.3) is 10.2 Å². The van der Waals surface area contributed by atoms with Crippen molar-refractivity contribution >= 4 is 27.9 Å². The van der Waals surface area contributed by atoms with Gasteiger partial charge in [-0.1, -0.05) is 6.92 Å². The summed E-state index contributed by atoms with van der Waals surface area (Å²) in [6.07, 6.45) is 1.46. The van der Waals surface area contributed by atoms with Crippen molar-refractivity contribution in [3.8, 4) is 0 Å². The number of thioether (sulfide) groups is 1. The van der Waals surface area contributed by atoms with E-state index >= 15 is 0 Å². The number of rotatable bonds is 8. The summed E-state index contributed by atoms with van der Waals surface area (Å²) in [6.45, 7) is 2.09. The highest BCUT2D eigenvalue weighted by Crippen LogP contribution is 2.14. The minimum atomic E-state index is -3.49. The van der Waals surface area contributed by atoms with E-state index in [2.05, 4.69) is 4.98 Å². The summed E-state index contributed by atoms with van der Waals surface area (Å²) in [5.41, 5.74) is 0.346. The summed E-state index contributed by atoms with van der Waals surface area (Å²) in [5.74, 6) is 0.389. The summed E-state index contributed by atoms with van der Waals surface area (Å²) < 4.78 is 30.8. The average Bonchev–Trinajstić information content (AvgIpc) is 2.47. The zero-order chi connectivity index (χ0) is 16.8. The molecule has 9 heteroatoms. The van der Waals surface area contributed by atoms with Crippen LogP contribution in [0.2, 0.25) is 0 Å². The molecule has 0 spiro atoms. The Balaban J connectivity index is 2.49. The second-order valence-corrected chi connectivity index (χ2v) is 8.10. The zero-order valence-corrected chi connectivity index (χ0v) is 14.8. The van der Waals surface area contributed by atoms with Gasteiger partial charge in [0.2, 0.25) is 0 Å². The number of pyridine rings is 1. The van der Waals surface area contributed by atoms with E-state index in [1.165, 1.54) is 27.3 Å². The molecule has 1 heterocycles. The van der Waals surface area contributed by atoms with Crippen molar-refractivity contribution in [1.29, 1.82) is 0 Å². The van der Waals surface area contributed by atoms with E-state index in [0.29, 0.717) is 5.56 Å². The van der Waals surface area contributed by atoms with Crippen LogP contribution in [0.15, 0.2) is 23.4 Å². The SMILES string of the molecule is CCSc1ccc(C(=O)OCCN(C)S(=O)(=O)N(C)C)cn1. The molecule has 0 N–H and O–H groups in total. The van der Waals surface area contributed by atoms with Crippen LogP contribution >= 0.6 is 11.8 Å². The summed E-state index contributed by atoms with van der Waals surface area (Å²) in [6, 6.07) is 3.40. The van der Waals surface area contributed by atoms with Crippen LogP contribution in [0.5, 0.6) is 0 Å². The highest BCUT2D eigenvalue weighted by Gasteiger charge is 2.20. The Morgan fingerprint density at radius 2 is 2.00 bits per heavy atom. The van der Waals surface area contributed by atoms with Crippen molar-refractivity contribution in [2.45, 2.75) is 11.9 Å². The van der Waals surface area contributed by atoms with Gasteiger partial charge in [0.15, 0.2) is 0 Å². The van der Waals surface area contributed by atoms with E-state index in [4.69, 9.17) is 4.74 Å². The predicted molar refractivity (Wildman–Crippen MR) is 86.2 cm³/mol. The molecule has 7 nitrogen and oxygen atoms in total. The van der Waals surface area contributed by atoms with E-state index in [9.17, 15) is 13.2 Å². The van der Waals surface area contributed by atoms with Crippen molar-refractivity contribution in [3.63, 3.8) is 0 Å². The van der Waals surface area contributed by atoms with Gasteiger partial charge >= 0.3 is 5.97 Å². The van der Waals surface area contributed by atoms with Crippen molar-refractivity contribution in [1.82, 2.24) is 13.6 Å². The van der Waals surface area contributed by atoms with Gasteiger partial charge in [-0.15, -0.1) is 11.8 Å². The van der Waals surface area contributed by atoms with Crippen LogP contribution in [0, 0.1) is 0 Å². The Morgan fingerprint density at radius 3 is 2.50 bits per heavy atom. The molecule has 0 bridgehead atoms. The van der Waals surface area contributed by atoms with Crippen LogP contribution in [-0.4, -0.2) is 68.0 Å². The first-order valence-corrected chi connectivity index (χ1v) is 9.07. The molecule has 0 aromatic carbocycles. The zero-order valence-electron chi connectivity index (χ0n) is 13.1. The van der Waals surface area contributed by atoms with Gasteiger partial charge in [0.05, 0.1) is 10.6 Å². The molecule has 1 aromatic rings. The maximum absolute atomic E-state index is 11.8. The highest BCUT2D eigenvalue weighted by atomic mass is 32.2. The molecule has 0 aliphatic heterocycles. The smallest absolute Gasteiger partial charge is 0.339 e. The van der Waals surface area contributed by atoms with Gasteiger partial charge in [-0.05, 0) is 17.9 Å². The third-order valence-corrected chi connectivity index (χ3v) is 5.48. The highest BCUT2D eigenvalue weighted by molar-refractivity contribution is 7.99. The summed E-state index contributed by atoms with van der Waals surface area (Å²) in [5, 5.41) is 0.843. The second kappa shape index (κ2) is 8.47. The molecule has 0 atom stereocenters. The van der Waals surface area contributed by atoms with Crippen molar-refractivity contribution in [2.75, 3.05) is 40.0 Å². The Kier molecular flexibility index (Phi) is 7.27. The van der Waals surface area contributed by atoms with E-state index in [0.717, 1.165) is 19.4 Å². The quantitative estimate of drug-likeness (QED) is 0.517. The van der Waals surface area contributed by atoms with Gasteiger partial charge in [-0.25, -0.2) is 9.78 Å². The third-order valence-electron chi connectivity index (χ3n) is 2.76. The van der Waals surface area contributed by atoms with Gasteiger partial charge in [0, 0.05) is 33.9 Å². The Labute approximate surface area is 135 Å². The minimum absolute atomic E-state index is 0.0200. The summed E-state index contributed by atoms with van der Waals surface area (Å²) >= 11 is 1.58. The lowest BCUT2D eigenvalue weighted by Gasteiger charge is -2.20. The van der Waals surface area contributed by atoms with Crippen LogP contribution < -0.4 is 0 Å².